The Kier molecular flexibility index (Phi) is 6.91. The van der Waals surface area contributed by atoms with Crippen molar-refractivity contribution in [1.29, 1.82) is 0 Å². The monoisotopic (exact) mass is 357 g/mol. The molecule has 0 saturated carbocycles. The van der Waals surface area contributed by atoms with Gasteiger partial charge in [-0.25, -0.2) is 8.78 Å². The van der Waals surface area contributed by atoms with Crippen molar-refractivity contribution in [3.05, 3.63) is 35.4 Å². The van der Waals surface area contributed by atoms with Gasteiger partial charge in [-0.2, -0.15) is 0 Å². The number of carbonyl (C=O) groups is 1. The van der Waals surface area contributed by atoms with E-state index in [0.29, 0.717) is 15.9 Å². The van der Waals surface area contributed by atoms with Gasteiger partial charge in [0.2, 0.25) is 11.0 Å². The summed E-state index contributed by atoms with van der Waals surface area (Å²) in [6, 6.07) is 3.78. The van der Waals surface area contributed by atoms with Crippen LogP contribution in [0.1, 0.15) is 38.2 Å². The van der Waals surface area contributed by atoms with Crippen molar-refractivity contribution in [2.75, 3.05) is 5.32 Å². The van der Waals surface area contributed by atoms with Gasteiger partial charge in [0.05, 0.1) is 0 Å². The Bertz CT molecular complexity index is 644. The van der Waals surface area contributed by atoms with E-state index >= 15 is 0 Å². The number of halogens is 2. The van der Waals surface area contributed by atoms with Crippen LogP contribution in [0.3, 0.4) is 0 Å². The number of benzene rings is 1. The van der Waals surface area contributed by atoms with Crippen LogP contribution in [0.4, 0.5) is 13.9 Å². The van der Waals surface area contributed by atoms with E-state index in [4.69, 9.17) is 0 Å². The molecule has 2 rings (SSSR count). The fraction of sp³-hybridized carbons (Fsp3) is 0.400. The number of rotatable bonds is 8. The zero-order valence-electron chi connectivity index (χ0n) is 12.6. The molecule has 0 spiro atoms. The van der Waals surface area contributed by atoms with Gasteiger partial charge in [-0.15, -0.1) is 10.2 Å². The fourth-order valence-corrected chi connectivity index (χ4v) is 3.63. The lowest BCUT2D eigenvalue weighted by atomic mass is 10.2. The van der Waals surface area contributed by atoms with E-state index in [0.717, 1.165) is 19.3 Å². The highest BCUT2D eigenvalue weighted by Crippen LogP contribution is 2.29. The number of anilines is 1. The number of unbranched alkanes of at least 4 members (excludes halogenated alkanes) is 2. The van der Waals surface area contributed by atoms with Crippen molar-refractivity contribution in [1.82, 2.24) is 10.2 Å². The van der Waals surface area contributed by atoms with Crippen LogP contribution < -0.4 is 5.32 Å². The molecule has 23 heavy (non-hydrogen) atoms. The summed E-state index contributed by atoms with van der Waals surface area (Å²) in [6.45, 7) is 2.07. The minimum atomic E-state index is -0.577. The summed E-state index contributed by atoms with van der Waals surface area (Å²) < 4.78 is 27.6. The van der Waals surface area contributed by atoms with Crippen LogP contribution in [-0.4, -0.2) is 16.1 Å². The minimum Gasteiger partial charge on any atom is -0.301 e. The Morgan fingerprint density at radius 3 is 2.70 bits per heavy atom. The lowest BCUT2D eigenvalue weighted by molar-refractivity contribution is -0.116. The Hall–Kier alpha value is -1.54. The molecule has 2 aromatic rings. The molecule has 8 heteroatoms. The van der Waals surface area contributed by atoms with Crippen molar-refractivity contribution in [2.24, 2.45) is 0 Å². The lowest BCUT2D eigenvalue weighted by Crippen LogP contribution is -2.10. The Morgan fingerprint density at radius 2 is 2.00 bits per heavy atom. The van der Waals surface area contributed by atoms with Gasteiger partial charge >= 0.3 is 0 Å². The number of nitrogens with one attached hydrogen (secondary N) is 1. The topological polar surface area (TPSA) is 54.9 Å². The zero-order valence-corrected chi connectivity index (χ0v) is 14.3. The van der Waals surface area contributed by atoms with Gasteiger partial charge in [0, 0.05) is 17.7 Å². The summed E-state index contributed by atoms with van der Waals surface area (Å²) in [5, 5.41) is 10.9. The van der Waals surface area contributed by atoms with E-state index < -0.39 is 11.6 Å². The van der Waals surface area contributed by atoms with Gasteiger partial charge in [-0.3, -0.25) is 4.79 Å². The highest BCUT2D eigenvalue weighted by molar-refractivity contribution is 8.00. The van der Waals surface area contributed by atoms with Gasteiger partial charge in [0.1, 0.15) is 11.6 Å². The van der Waals surface area contributed by atoms with Gasteiger partial charge in [0.15, 0.2) is 4.34 Å². The van der Waals surface area contributed by atoms with Crippen LogP contribution >= 0.6 is 23.1 Å². The molecule has 0 aliphatic heterocycles. The third kappa shape index (κ3) is 5.54. The number of nitrogens with zero attached hydrogens (tertiary/aromatic N) is 2. The highest BCUT2D eigenvalue weighted by atomic mass is 32.2. The second-order valence-electron chi connectivity index (χ2n) is 4.87. The maximum absolute atomic E-state index is 13.5. The van der Waals surface area contributed by atoms with Crippen molar-refractivity contribution in [3.63, 3.8) is 0 Å². The summed E-state index contributed by atoms with van der Waals surface area (Å²) >= 11 is 2.38. The van der Waals surface area contributed by atoms with Gasteiger partial charge in [-0.05, 0) is 18.6 Å². The van der Waals surface area contributed by atoms with Gasteiger partial charge in [-0.1, -0.05) is 48.9 Å². The predicted molar refractivity (Wildman–Crippen MR) is 88.6 cm³/mol. The summed E-state index contributed by atoms with van der Waals surface area (Å²) in [5.74, 6) is -1.12. The van der Waals surface area contributed by atoms with Crippen molar-refractivity contribution >= 4 is 34.1 Å². The maximum Gasteiger partial charge on any atom is 0.226 e. The second-order valence-corrected chi connectivity index (χ2v) is 7.07. The number of hydrogen-bond donors (Lipinski definition) is 1. The first kappa shape index (κ1) is 17.8. The largest absolute Gasteiger partial charge is 0.301 e. The first-order chi connectivity index (χ1) is 11.1. The van der Waals surface area contributed by atoms with Crippen LogP contribution in [-0.2, 0) is 10.5 Å². The molecule has 1 heterocycles. The molecule has 0 atom stereocenters. The van der Waals surface area contributed by atoms with Crippen LogP contribution in [0.25, 0.3) is 0 Å². The van der Waals surface area contributed by atoms with E-state index in [-0.39, 0.29) is 17.2 Å². The van der Waals surface area contributed by atoms with E-state index in [2.05, 4.69) is 22.4 Å². The van der Waals surface area contributed by atoms with Gasteiger partial charge in [0.25, 0.3) is 0 Å². The molecule has 1 N–H and O–H groups in total. The fourth-order valence-electron chi connectivity index (χ4n) is 1.84. The summed E-state index contributed by atoms with van der Waals surface area (Å²) in [7, 11) is 0. The molecular weight excluding hydrogens is 340 g/mol. The molecule has 0 fully saturated rings. The van der Waals surface area contributed by atoms with E-state index in [1.807, 2.05) is 0 Å². The molecule has 0 unspecified atom stereocenters. The van der Waals surface area contributed by atoms with E-state index in [9.17, 15) is 13.6 Å². The quantitative estimate of drug-likeness (QED) is 0.425. The first-order valence-corrected chi connectivity index (χ1v) is 9.09. The van der Waals surface area contributed by atoms with Gasteiger partial charge < -0.3 is 5.32 Å². The summed E-state index contributed by atoms with van der Waals surface area (Å²) in [6.07, 6.45) is 3.37. The first-order valence-electron chi connectivity index (χ1n) is 7.29. The van der Waals surface area contributed by atoms with Crippen LogP contribution in [0.5, 0.6) is 0 Å². The molecule has 0 radical (unpaired) electrons. The molecule has 0 saturated heterocycles. The molecule has 4 nitrogen and oxygen atoms in total. The number of carbonyl (C=O) groups excluding carboxylic acids is 1. The molecule has 124 valence electrons. The smallest absolute Gasteiger partial charge is 0.226 e. The number of amides is 1. The minimum absolute atomic E-state index is 0.0119. The van der Waals surface area contributed by atoms with Crippen molar-refractivity contribution in [3.8, 4) is 0 Å². The second kappa shape index (κ2) is 8.93. The predicted octanol–water partition coefficient (Wildman–Crippen LogP) is 4.63. The normalized spacial score (nSPS) is 10.7. The summed E-state index contributed by atoms with van der Waals surface area (Å²) in [5.41, 5.74) is 0.0119. The maximum atomic E-state index is 13.5. The molecule has 1 aromatic heterocycles. The standard InChI is InChI=1S/C15H17F2N3OS2/c1-2-3-4-8-13(21)18-14-19-20-15(23-14)22-9-10-11(16)6-5-7-12(10)17/h5-7H,2-4,8-9H2,1H3,(H,18,19,21). The van der Waals surface area contributed by atoms with Crippen molar-refractivity contribution < 1.29 is 13.6 Å². The van der Waals surface area contributed by atoms with Crippen LogP contribution in [0.2, 0.25) is 0 Å². The van der Waals surface area contributed by atoms with E-state index in [1.165, 1.54) is 41.3 Å². The molecule has 0 bridgehead atoms. The summed E-state index contributed by atoms with van der Waals surface area (Å²) in [4.78, 5) is 11.7. The molecule has 1 aromatic carbocycles. The van der Waals surface area contributed by atoms with Crippen molar-refractivity contribution in [2.45, 2.75) is 42.7 Å². The number of thioether (sulfide) groups is 1. The Labute approximate surface area is 141 Å². The van der Waals surface area contributed by atoms with Crippen LogP contribution in [0, 0.1) is 11.6 Å². The number of aromatic nitrogens is 2. The Morgan fingerprint density at radius 1 is 1.26 bits per heavy atom. The Balaban J connectivity index is 1.86. The molecule has 1 amide bonds. The third-order valence-corrected chi connectivity index (χ3v) is 5.06. The SMILES string of the molecule is CCCCCC(=O)Nc1nnc(SCc2c(F)cccc2F)s1. The average Bonchev–Trinajstić information content (AvgIpc) is 2.94. The molecule has 0 aliphatic carbocycles. The van der Waals surface area contributed by atoms with E-state index in [1.54, 1.807) is 0 Å². The average molecular weight is 357 g/mol. The zero-order chi connectivity index (χ0) is 16.7. The van der Waals surface area contributed by atoms with Crippen LogP contribution in [0.15, 0.2) is 22.5 Å². The highest BCUT2D eigenvalue weighted by Gasteiger charge is 2.12. The molecular formula is C15H17F2N3OS2. The molecule has 0 aliphatic rings. The number of hydrogen-bond acceptors (Lipinski definition) is 5. The third-order valence-electron chi connectivity index (χ3n) is 3.06. The lowest BCUT2D eigenvalue weighted by Gasteiger charge is -2.02.